The number of hydrogen-bond acceptors (Lipinski definition) is 3. The van der Waals surface area contributed by atoms with Gasteiger partial charge >= 0.3 is 0 Å². The molecule has 0 bridgehead atoms. The van der Waals surface area contributed by atoms with Gasteiger partial charge in [0.1, 0.15) is 11.5 Å². The summed E-state index contributed by atoms with van der Waals surface area (Å²) in [5.74, 6) is 1.78. The first-order valence-electron chi connectivity index (χ1n) is 5.56. The van der Waals surface area contributed by atoms with Gasteiger partial charge in [-0.05, 0) is 37.3 Å². The minimum Gasteiger partial charge on any atom is -0.464 e. The van der Waals surface area contributed by atoms with Crippen molar-refractivity contribution in [2.75, 3.05) is 11.9 Å². The van der Waals surface area contributed by atoms with E-state index < -0.39 is 0 Å². The van der Waals surface area contributed by atoms with Crippen molar-refractivity contribution in [2.45, 2.75) is 13.5 Å². The number of furan rings is 1. The van der Waals surface area contributed by atoms with Crippen LogP contribution in [0.5, 0.6) is 0 Å². The molecule has 92 valence electrons. The molecule has 0 saturated heterocycles. The van der Waals surface area contributed by atoms with Crippen LogP contribution in [0.1, 0.15) is 17.1 Å². The molecule has 0 unspecified atom stereocenters. The van der Waals surface area contributed by atoms with Gasteiger partial charge in [0.15, 0.2) is 0 Å². The lowest BCUT2D eigenvalue weighted by molar-refractivity contribution is 0.482. The number of halogens is 1. The lowest BCUT2D eigenvalue weighted by atomic mass is 10.2. The van der Waals surface area contributed by atoms with Crippen LogP contribution < -0.4 is 4.90 Å². The molecule has 4 heteroatoms. The quantitative estimate of drug-likeness (QED) is 0.844. The number of hydrogen-bond donors (Lipinski definition) is 0. The van der Waals surface area contributed by atoms with Gasteiger partial charge in [-0.3, -0.25) is 0 Å². The second-order valence-electron chi connectivity index (χ2n) is 4.15. The zero-order valence-corrected chi connectivity index (χ0v) is 11.0. The summed E-state index contributed by atoms with van der Waals surface area (Å²) in [6, 6.07) is 11.2. The summed E-state index contributed by atoms with van der Waals surface area (Å²) in [7, 11) is 1.94. The van der Waals surface area contributed by atoms with Gasteiger partial charge in [0.2, 0.25) is 0 Å². The molecule has 0 spiro atoms. The van der Waals surface area contributed by atoms with E-state index in [0.29, 0.717) is 17.1 Å². The Morgan fingerprint density at radius 1 is 1.33 bits per heavy atom. The second kappa shape index (κ2) is 5.16. The molecule has 0 N–H and O–H groups in total. The standard InChI is InChI=1S/C14H13ClN2O/c1-10-3-5-12(18-10)9-17(2)14-6-4-11(8-16)7-13(14)15/h3-7H,9H2,1-2H3. The van der Waals surface area contributed by atoms with E-state index >= 15 is 0 Å². The molecular weight excluding hydrogens is 248 g/mol. The predicted molar refractivity (Wildman–Crippen MR) is 71.7 cm³/mol. The molecule has 1 aromatic carbocycles. The van der Waals surface area contributed by atoms with Crippen LogP contribution >= 0.6 is 11.6 Å². The number of anilines is 1. The smallest absolute Gasteiger partial charge is 0.123 e. The Morgan fingerprint density at radius 3 is 2.67 bits per heavy atom. The van der Waals surface area contributed by atoms with E-state index in [2.05, 4.69) is 6.07 Å². The third-order valence-corrected chi connectivity index (χ3v) is 2.98. The molecular formula is C14H13ClN2O. The highest BCUT2D eigenvalue weighted by Crippen LogP contribution is 2.27. The molecule has 1 heterocycles. The Bertz CT molecular complexity index is 598. The van der Waals surface area contributed by atoms with Crippen LogP contribution in [0.2, 0.25) is 5.02 Å². The first-order valence-corrected chi connectivity index (χ1v) is 5.94. The molecule has 2 aromatic rings. The SMILES string of the molecule is Cc1ccc(CN(C)c2ccc(C#N)cc2Cl)o1. The summed E-state index contributed by atoms with van der Waals surface area (Å²) in [6.07, 6.45) is 0. The molecule has 0 fully saturated rings. The number of aryl methyl sites for hydroxylation is 1. The molecule has 0 aliphatic rings. The average Bonchev–Trinajstić information content (AvgIpc) is 2.74. The van der Waals surface area contributed by atoms with Crippen LogP contribution in [0.4, 0.5) is 5.69 Å². The largest absolute Gasteiger partial charge is 0.464 e. The second-order valence-corrected chi connectivity index (χ2v) is 4.55. The number of nitrogens with zero attached hydrogens (tertiary/aromatic N) is 2. The van der Waals surface area contributed by atoms with Crippen LogP contribution in [0.15, 0.2) is 34.7 Å². The molecule has 2 rings (SSSR count). The highest BCUT2D eigenvalue weighted by Gasteiger charge is 2.09. The Morgan fingerprint density at radius 2 is 2.11 bits per heavy atom. The monoisotopic (exact) mass is 260 g/mol. The van der Waals surface area contributed by atoms with Gasteiger partial charge in [0, 0.05) is 7.05 Å². The van der Waals surface area contributed by atoms with E-state index in [0.717, 1.165) is 17.2 Å². The predicted octanol–water partition coefficient (Wildman–Crippen LogP) is 3.75. The minimum atomic E-state index is 0.561. The van der Waals surface area contributed by atoms with E-state index in [1.807, 2.05) is 37.1 Å². The summed E-state index contributed by atoms with van der Waals surface area (Å²) < 4.78 is 5.52. The van der Waals surface area contributed by atoms with Crippen LogP contribution in [0.25, 0.3) is 0 Å². The molecule has 0 amide bonds. The summed E-state index contributed by atoms with van der Waals surface area (Å²) >= 11 is 6.15. The fourth-order valence-electron chi connectivity index (χ4n) is 1.78. The number of rotatable bonds is 3. The lowest BCUT2D eigenvalue weighted by Crippen LogP contribution is -2.16. The molecule has 0 atom stereocenters. The fraction of sp³-hybridized carbons (Fsp3) is 0.214. The van der Waals surface area contributed by atoms with Crippen molar-refractivity contribution < 1.29 is 4.42 Å². The molecule has 3 nitrogen and oxygen atoms in total. The van der Waals surface area contributed by atoms with Crippen molar-refractivity contribution in [3.05, 3.63) is 52.4 Å². The summed E-state index contributed by atoms with van der Waals surface area (Å²) in [5, 5.41) is 9.36. The maximum atomic E-state index is 8.79. The lowest BCUT2D eigenvalue weighted by Gasteiger charge is -2.19. The first kappa shape index (κ1) is 12.5. The maximum Gasteiger partial charge on any atom is 0.123 e. The van der Waals surface area contributed by atoms with Crippen molar-refractivity contribution in [1.82, 2.24) is 0 Å². The van der Waals surface area contributed by atoms with Crippen LogP contribution in [0, 0.1) is 18.3 Å². The molecule has 1 aromatic heterocycles. The number of benzene rings is 1. The average molecular weight is 261 g/mol. The van der Waals surface area contributed by atoms with Gasteiger partial charge in [0.05, 0.1) is 28.9 Å². The van der Waals surface area contributed by atoms with Crippen molar-refractivity contribution in [2.24, 2.45) is 0 Å². The van der Waals surface area contributed by atoms with Crippen molar-refractivity contribution in [1.29, 1.82) is 5.26 Å². The maximum absolute atomic E-state index is 8.79. The summed E-state index contributed by atoms with van der Waals surface area (Å²) in [4.78, 5) is 1.99. The van der Waals surface area contributed by atoms with Gasteiger partial charge in [-0.25, -0.2) is 0 Å². The Balaban J connectivity index is 2.19. The fourth-order valence-corrected chi connectivity index (χ4v) is 2.10. The van der Waals surface area contributed by atoms with Crippen LogP contribution in [-0.4, -0.2) is 7.05 Å². The van der Waals surface area contributed by atoms with Crippen molar-refractivity contribution in [3.8, 4) is 6.07 Å². The van der Waals surface area contributed by atoms with Crippen molar-refractivity contribution >= 4 is 17.3 Å². The normalized spacial score (nSPS) is 10.1. The summed E-state index contributed by atoms with van der Waals surface area (Å²) in [5.41, 5.74) is 1.44. The third-order valence-electron chi connectivity index (χ3n) is 2.68. The highest BCUT2D eigenvalue weighted by atomic mass is 35.5. The molecule has 18 heavy (non-hydrogen) atoms. The summed E-state index contributed by atoms with van der Waals surface area (Å²) in [6.45, 7) is 2.55. The Kier molecular flexibility index (Phi) is 3.59. The molecule has 0 saturated carbocycles. The molecule has 0 radical (unpaired) electrons. The zero-order valence-electron chi connectivity index (χ0n) is 10.3. The van der Waals surface area contributed by atoms with Crippen molar-refractivity contribution in [3.63, 3.8) is 0 Å². The molecule has 0 aliphatic carbocycles. The number of nitriles is 1. The Hall–Kier alpha value is -1.92. The van der Waals surface area contributed by atoms with E-state index in [4.69, 9.17) is 21.3 Å². The topological polar surface area (TPSA) is 40.2 Å². The van der Waals surface area contributed by atoms with Gasteiger partial charge < -0.3 is 9.32 Å². The van der Waals surface area contributed by atoms with E-state index in [-0.39, 0.29) is 0 Å². The molecule has 0 aliphatic heterocycles. The van der Waals surface area contributed by atoms with Gasteiger partial charge in [-0.2, -0.15) is 5.26 Å². The first-order chi connectivity index (χ1) is 8.60. The zero-order chi connectivity index (χ0) is 13.1. The third kappa shape index (κ3) is 2.66. The minimum absolute atomic E-state index is 0.561. The highest BCUT2D eigenvalue weighted by molar-refractivity contribution is 6.33. The van der Waals surface area contributed by atoms with Crippen LogP contribution in [-0.2, 0) is 6.54 Å². The van der Waals surface area contributed by atoms with Gasteiger partial charge in [-0.1, -0.05) is 11.6 Å². The Labute approximate surface area is 111 Å². The van der Waals surface area contributed by atoms with Gasteiger partial charge in [-0.15, -0.1) is 0 Å². The van der Waals surface area contributed by atoms with E-state index in [9.17, 15) is 0 Å². The van der Waals surface area contributed by atoms with E-state index in [1.54, 1.807) is 12.1 Å². The van der Waals surface area contributed by atoms with Gasteiger partial charge in [0.25, 0.3) is 0 Å². The van der Waals surface area contributed by atoms with E-state index in [1.165, 1.54) is 0 Å². The van der Waals surface area contributed by atoms with Crippen LogP contribution in [0.3, 0.4) is 0 Å².